The number of hydrogen-bond acceptors (Lipinski definition) is 4. The zero-order chi connectivity index (χ0) is 25.5. The second-order valence-corrected chi connectivity index (χ2v) is 11.9. The van der Waals surface area contributed by atoms with E-state index in [4.69, 9.17) is 9.47 Å². The van der Waals surface area contributed by atoms with E-state index in [0.717, 1.165) is 5.19 Å². The fourth-order valence-electron chi connectivity index (χ4n) is 3.74. The summed E-state index contributed by atoms with van der Waals surface area (Å²) >= 11 is 0. The number of alkyl halides is 3. The minimum Gasteiger partial charge on any atom is -0.504 e. The number of methoxy groups -OCH3 is 2. The van der Waals surface area contributed by atoms with Crippen LogP contribution in [0, 0.1) is 0 Å². The molecule has 35 heavy (non-hydrogen) atoms. The van der Waals surface area contributed by atoms with Crippen LogP contribution in [-0.4, -0.2) is 38.7 Å². The summed E-state index contributed by atoms with van der Waals surface area (Å²) in [5.74, 6) is 0.520. The largest absolute Gasteiger partial charge is 0.504 e. The molecule has 3 aromatic carbocycles. The van der Waals surface area contributed by atoms with Crippen molar-refractivity contribution in [3.63, 3.8) is 0 Å². The quantitative estimate of drug-likeness (QED) is 0.342. The van der Waals surface area contributed by atoms with Gasteiger partial charge in [0.1, 0.15) is 8.07 Å². The van der Waals surface area contributed by atoms with Gasteiger partial charge in [0.2, 0.25) is 0 Å². The topological polar surface area (TPSA) is 58.9 Å². The number of ether oxygens (including phenoxy) is 2. The van der Waals surface area contributed by atoms with E-state index in [1.54, 1.807) is 36.4 Å². The molecule has 0 aliphatic carbocycles. The summed E-state index contributed by atoms with van der Waals surface area (Å²) in [5.41, 5.74) is 5.13. The lowest BCUT2D eigenvalue weighted by Crippen LogP contribution is -2.45. The Morgan fingerprint density at radius 1 is 0.771 bits per heavy atom. The Morgan fingerprint density at radius 3 is 1.69 bits per heavy atom. The maximum Gasteiger partial charge on any atom is 0.388 e. The first-order chi connectivity index (χ1) is 16.7. The lowest BCUT2D eigenvalue weighted by Gasteiger charge is -2.27. The molecule has 4 nitrogen and oxygen atoms in total. The van der Waals surface area contributed by atoms with Crippen molar-refractivity contribution in [2.24, 2.45) is 0 Å². The highest BCUT2D eigenvalue weighted by atomic mass is 28.3. The van der Waals surface area contributed by atoms with Crippen molar-refractivity contribution in [2.75, 3.05) is 14.2 Å². The van der Waals surface area contributed by atoms with E-state index in [1.165, 1.54) is 26.4 Å². The van der Waals surface area contributed by atoms with Gasteiger partial charge >= 0.3 is 6.18 Å². The van der Waals surface area contributed by atoms with Gasteiger partial charge < -0.3 is 19.7 Å². The van der Waals surface area contributed by atoms with E-state index in [1.807, 2.05) is 41.7 Å². The highest BCUT2D eigenvalue weighted by Crippen LogP contribution is 2.31. The molecule has 184 valence electrons. The molecule has 0 atom stereocenters. The number of hydrogen-bond donors (Lipinski definition) is 2. The molecular formula is C27H27F3O4Si. The first kappa shape index (κ1) is 26.0. The molecule has 0 unspecified atom stereocenters. The molecule has 0 spiro atoms. The Labute approximate surface area is 203 Å². The average Bonchev–Trinajstić information content (AvgIpc) is 2.85. The molecule has 0 fully saturated rings. The summed E-state index contributed by atoms with van der Waals surface area (Å²) in [4.78, 5) is 0. The van der Waals surface area contributed by atoms with E-state index < -0.39 is 20.7 Å². The van der Waals surface area contributed by atoms with Gasteiger partial charge in [0.15, 0.2) is 23.0 Å². The molecule has 0 aromatic heterocycles. The van der Waals surface area contributed by atoms with Crippen LogP contribution in [0.4, 0.5) is 13.2 Å². The van der Waals surface area contributed by atoms with Crippen molar-refractivity contribution >= 4 is 25.4 Å². The number of benzene rings is 3. The summed E-state index contributed by atoms with van der Waals surface area (Å²) < 4.78 is 50.5. The van der Waals surface area contributed by atoms with E-state index in [2.05, 4.69) is 0 Å². The monoisotopic (exact) mass is 500 g/mol. The zero-order valence-electron chi connectivity index (χ0n) is 19.4. The fourth-order valence-corrected chi connectivity index (χ4v) is 7.35. The van der Waals surface area contributed by atoms with Crippen molar-refractivity contribution in [2.45, 2.75) is 18.6 Å². The third-order valence-corrected chi connectivity index (χ3v) is 9.70. The molecule has 0 aliphatic heterocycles. The Balaban J connectivity index is 2.12. The standard InChI is InChI=1S/C27H27F3O4Si/c1-33-25-18-20(8-10-23(25)31)12-15-35(17-14-27(28,29)30,22-6-4-3-5-7-22)16-13-21-9-11-24(32)26(19-21)34-2/h3-13,15-16,18-19,31-32H,14,17H2,1-2H3. The number of halogens is 3. The molecule has 0 saturated carbocycles. The molecule has 0 heterocycles. The van der Waals surface area contributed by atoms with Crippen molar-refractivity contribution in [3.05, 3.63) is 89.3 Å². The predicted octanol–water partition coefficient (Wildman–Crippen LogP) is 6.23. The van der Waals surface area contributed by atoms with Crippen molar-refractivity contribution in [1.82, 2.24) is 0 Å². The number of phenolic OH excluding ortho intramolecular Hbond substituents is 2. The van der Waals surface area contributed by atoms with Crippen LogP contribution in [0.5, 0.6) is 23.0 Å². The van der Waals surface area contributed by atoms with Gasteiger partial charge in [-0.25, -0.2) is 0 Å². The molecule has 2 N–H and O–H groups in total. The second kappa shape index (κ2) is 11.2. The summed E-state index contributed by atoms with van der Waals surface area (Å²) in [6.45, 7) is 0. The number of aromatic hydroxyl groups is 2. The van der Waals surface area contributed by atoms with Gasteiger partial charge in [0, 0.05) is 6.42 Å². The van der Waals surface area contributed by atoms with E-state index in [9.17, 15) is 23.4 Å². The Kier molecular flexibility index (Phi) is 8.29. The minimum atomic E-state index is -4.31. The SMILES string of the molecule is COc1cc(C=C[Si](C=Cc2ccc(O)c(OC)c2)(CCC(F)(F)F)c2ccccc2)ccc1O. The van der Waals surface area contributed by atoms with E-state index in [-0.39, 0.29) is 29.0 Å². The van der Waals surface area contributed by atoms with Gasteiger partial charge in [-0.2, -0.15) is 13.2 Å². The number of rotatable bonds is 9. The summed E-state index contributed by atoms with van der Waals surface area (Å²) in [5, 5.41) is 20.6. The van der Waals surface area contributed by atoms with Crippen molar-refractivity contribution < 1.29 is 32.9 Å². The molecule has 0 bridgehead atoms. The molecule has 0 amide bonds. The van der Waals surface area contributed by atoms with Crippen LogP contribution in [-0.2, 0) is 0 Å². The first-order valence-electron chi connectivity index (χ1n) is 10.9. The van der Waals surface area contributed by atoms with Crippen LogP contribution in [0.25, 0.3) is 12.2 Å². The minimum absolute atomic E-state index is 0.0190. The third kappa shape index (κ3) is 6.92. The van der Waals surface area contributed by atoms with Crippen molar-refractivity contribution in [1.29, 1.82) is 0 Å². The second-order valence-electron chi connectivity index (χ2n) is 8.05. The van der Waals surface area contributed by atoms with Crippen LogP contribution in [0.2, 0.25) is 6.04 Å². The van der Waals surface area contributed by atoms with Crippen LogP contribution >= 0.6 is 0 Å². The summed E-state index contributed by atoms with van der Waals surface area (Å²) in [6, 6.07) is 18.7. The van der Waals surface area contributed by atoms with Gasteiger partial charge in [-0.05, 0) is 41.4 Å². The predicted molar refractivity (Wildman–Crippen MR) is 135 cm³/mol. The molecule has 0 radical (unpaired) electrons. The Bertz CT molecular complexity index is 1130. The van der Waals surface area contributed by atoms with E-state index >= 15 is 0 Å². The van der Waals surface area contributed by atoms with Gasteiger partial charge in [-0.15, -0.1) is 0 Å². The fraction of sp³-hybridized carbons (Fsp3) is 0.185. The molecule has 8 heteroatoms. The molecular weight excluding hydrogens is 473 g/mol. The third-order valence-electron chi connectivity index (χ3n) is 5.69. The van der Waals surface area contributed by atoms with E-state index in [0.29, 0.717) is 11.1 Å². The lowest BCUT2D eigenvalue weighted by molar-refractivity contribution is -0.130. The van der Waals surface area contributed by atoms with Crippen LogP contribution in [0.1, 0.15) is 17.5 Å². The molecule has 0 aliphatic rings. The molecule has 3 aromatic rings. The van der Waals surface area contributed by atoms with Gasteiger partial charge in [0.25, 0.3) is 0 Å². The lowest BCUT2D eigenvalue weighted by atomic mass is 10.2. The maximum atomic E-state index is 13.4. The highest BCUT2D eigenvalue weighted by molar-refractivity contribution is 7.00. The number of phenols is 2. The van der Waals surface area contributed by atoms with Gasteiger partial charge in [0.05, 0.1) is 14.2 Å². The first-order valence-corrected chi connectivity index (χ1v) is 13.3. The maximum absolute atomic E-state index is 13.4. The summed E-state index contributed by atoms with van der Waals surface area (Å²) in [6.07, 6.45) is -1.68. The average molecular weight is 501 g/mol. The van der Waals surface area contributed by atoms with Crippen LogP contribution < -0.4 is 14.7 Å². The van der Waals surface area contributed by atoms with Crippen LogP contribution in [0.15, 0.2) is 78.1 Å². The Morgan fingerprint density at radius 2 is 1.26 bits per heavy atom. The highest BCUT2D eigenvalue weighted by Gasteiger charge is 2.36. The van der Waals surface area contributed by atoms with Crippen molar-refractivity contribution in [3.8, 4) is 23.0 Å². The molecule has 3 rings (SSSR count). The zero-order valence-corrected chi connectivity index (χ0v) is 20.4. The smallest absolute Gasteiger partial charge is 0.388 e. The Hall–Kier alpha value is -3.65. The van der Waals surface area contributed by atoms with Gasteiger partial charge in [-0.3, -0.25) is 0 Å². The van der Waals surface area contributed by atoms with Gasteiger partial charge in [-0.1, -0.05) is 71.2 Å². The molecule has 0 saturated heterocycles. The normalized spacial score (nSPS) is 13.7. The van der Waals surface area contributed by atoms with Crippen LogP contribution in [0.3, 0.4) is 0 Å². The summed E-state index contributed by atoms with van der Waals surface area (Å²) in [7, 11) is -0.149.